The SMILES string of the molecule is CSc1ccccc1-c1ccc2c(c1)N(CCN1CCCCC1)C(=O)CC2. The van der Waals surface area contributed by atoms with Gasteiger partial charge in [-0.3, -0.25) is 4.79 Å². The molecule has 3 nitrogen and oxygen atoms in total. The molecule has 0 bridgehead atoms. The molecular formula is C23H28N2OS. The van der Waals surface area contributed by atoms with Gasteiger partial charge in [0, 0.05) is 30.1 Å². The highest BCUT2D eigenvalue weighted by molar-refractivity contribution is 7.98. The van der Waals surface area contributed by atoms with Crippen molar-refractivity contribution in [1.82, 2.24) is 4.90 Å². The smallest absolute Gasteiger partial charge is 0.227 e. The Bertz CT molecular complexity index is 814. The standard InChI is InChI=1S/C23H28N2OS/c1-27-22-8-4-3-7-20(22)19-10-9-18-11-12-23(26)25(21(18)17-19)16-15-24-13-5-2-6-14-24/h3-4,7-10,17H,2,5-6,11-16H2,1H3. The second-order valence-corrected chi connectivity index (χ2v) is 8.34. The van der Waals surface area contributed by atoms with E-state index in [1.165, 1.54) is 53.9 Å². The van der Waals surface area contributed by atoms with Crippen LogP contribution in [-0.2, 0) is 11.2 Å². The van der Waals surface area contributed by atoms with Crippen LogP contribution in [0.5, 0.6) is 0 Å². The molecular weight excluding hydrogens is 352 g/mol. The summed E-state index contributed by atoms with van der Waals surface area (Å²) in [6.07, 6.45) is 7.54. The first-order chi connectivity index (χ1) is 13.3. The lowest BCUT2D eigenvalue weighted by atomic mass is 9.96. The maximum Gasteiger partial charge on any atom is 0.227 e. The van der Waals surface area contributed by atoms with Crippen molar-refractivity contribution in [3.8, 4) is 11.1 Å². The molecule has 0 aliphatic carbocycles. The Hall–Kier alpha value is -1.78. The van der Waals surface area contributed by atoms with E-state index in [2.05, 4.69) is 53.6 Å². The van der Waals surface area contributed by atoms with E-state index >= 15 is 0 Å². The molecule has 2 aromatic rings. The molecule has 0 spiro atoms. The molecule has 2 aliphatic rings. The molecule has 1 amide bonds. The van der Waals surface area contributed by atoms with Crippen molar-refractivity contribution in [2.24, 2.45) is 0 Å². The summed E-state index contributed by atoms with van der Waals surface area (Å²) in [5.74, 6) is 0.273. The number of thioether (sulfide) groups is 1. The number of aryl methyl sites for hydroxylation is 1. The summed E-state index contributed by atoms with van der Waals surface area (Å²) in [6.45, 7) is 4.14. The lowest BCUT2D eigenvalue weighted by molar-refractivity contribution is -0.118. The first kappa shape index (κ1) is 18.6. The Kier molecular flexibility index (Phi) is 5.84. The summed E-state index contributed by atoms with van der Waals surface area (Å²) in [4.78, 5) is 18.5. The number of piperidine rings is 1. The van der Waals surface area contributed by atoms with Gasteiger partial charge in [-0.1, -0.05) is 36.8 Å². The van der Waals surface area contributed by atoms with Gasteiger partial charge in [-0.15, -0.1) is 11.8 Å². The number of anilines is 1. The number of rotatable bonds is 5. The van der Waals surface area contributed by atoms with Crippen LogP contribution in [0.25, 0.3) is 11.1 Å². The van der Waals surface area contributed by atoms with E-state index in [1.807, 2.05) is 4.90 Å². The molecule has 1 saturated heterocycles. The third-order valence-corrected chi connectivity index (χ3v) is 6.59. The van der Waals surface area contributed by atoms with Crippen molar-refractivity contribution in [2.75, 3.05) is 37.3 Å². The minimum absolute atomic E-state index is 0.273. The largest absolute Gasteiger partial charge is 0.311 e. The zero-order chi connectivity index (χ0) is 18.6. The predicted molar refractivity (Wildman–Crippen MR) is 115 cm³/mol. The van der Waals surface area contributed by atoms with Gasteiger partial charge in [-0.25, -0.2) is 0 Å². The van der Waals surface area contributed by atoms with Gasteiger partial charge in [0.2, 0.25) is 5.91 Å². The molecule has 0 atom stereocenters. The van der Waals surface area contributed by atoms with Crippen LogP contribution >= 0.6 is 11.8 Å². The Labute approximate surface area is 166 Å². The van der Waals surface area contributed by atoms with Crippen LogP contribution in [0.3, 0.4) is 0 Å². The maximum atomic E-state index is 12.7. The van der Waals surface area contributed by atoms with Gasteiger partial charge in [0.15, 0.2) is 0 Å². The van der Waals surface area contributed by atoms with Crippen LogP contribution in [0.2, 0.25) is 0 Å². The summed E-state index contributed by atoms with van der Waals surface area (Å²) in [5, 5.41) is 0. The predicted octanol–water partition coefficient (Wildman–Crippen LogP) is 4.84. The van der Waals surface area contributed by atoms with Crippen LogP contribution in [-0.4, -0.2) is 43.2 Å². The van der Waals surface area contributed by atoms with Gasteiger partial charge in [0.05, 0.1) is 0 Å². The lowest BCUT2D eigenvalue weighted by Gasteiger charge is -2.33. The lowest BCUT2D eigenvalue weighted by Crippen LogP contribution is -2.42. The minimum atomic E-state index is 0.273. The summed E-state index contributed by atoms with van der Waals surface area (Å²) in [5.41, 5.74) is 4.88. The number of carbonyl (C=O) groups excluding carboxylic acids is 1. The number of hydrogen-bond donors (Lipinski definition) is 0. The van der Waals surface area contributed by atoms with Crippen molar-refractivity contribution in [3.05, 3.63) is 48.0 Å². The molecule has 2 heterocycles. The van der Waals surface area contributed by atoms with Crippen molar-refractivity contribution in [2.45, 2.75) is 37.0 Å². The average Bonchev–Trinajstić information content (AvgIpc) is 2.73. The molecule has 27 heavy (non-hydrogen) atoms. The van der Waals surface area contributed by atoms with Crippen molar-refractivity contribution in [3.63, 3.8) is 0 Å². The number of fused-ring (bicyclic) bond motifs is 1. The van der Waals surface area contributed by atoms with E-state index in [9.17, 15) is 4.79 Å². The Morgan fingerprint density at radius 1 is 0.963 bits per heavy atom. The molecule has 2 aromatic carbocycles. The fraction of sp³-hybridized carbons (Fsp3) is 0.435. The Balaban J connectivity index is 1.61. The van der Waals surface area contributed by atoms with E-state index in [-0.39, 0.29) is 5.91 Å². The van der Waals surface area contributed by atoms with Crippen molar-refractivity contribution in [1.29, 1.82) is 0 Å². The fourth-order valence-electron chi connectivity index (χ4n) is 4.26. The van der Waals surface area contributed by atoms with Gasteiger partial charge < -0.3 is 9.80 Å². The quantitative estimate of drug-likeness (QED) is 0.694. The monoisotopic (exact) mass is 380 g/mol. The molecule has 0 aromatic heterocycles. The number of benzene rings is 2. The molecule has 0 N–H and O–H groups in total. The number of likely N-dealkylation sites (tertiary alicyclic amines) is 1. The maximum absolute atomic E-state index is 12.7. The van der Waals surface area contributed by atoms with Gasteiger partial charge in [0.25, 0.3) is 0 Å². The molecule has 0 saturated carbocycles. The first-order valence-electron chi connectivity index (χ1n) is 10.1. The second kappa shape index (κ2) is 8.49. The Morgan fingerprint density at radius 3 is 2.59 bits per heavy atom. The third kappa shape index (κ3) is 4.07. The third-order valence-electron chi connectivity index (χ3n) is 5.79. The number of carbonyl (C=O) groups is 1. The highest BCUT2D eigenvalue weighted by atomic mass is 32.2. The van der Waals surface area contributed by atoms with Gasteiger partial charge >= 0.3 is 0 Å². The van der Waals surface area contributed by atoms with E-state index in [0.717, 1.165) is 25.2 Å². The number of nitrogens with zero attached hydrogens (tertiary/aromatic N) is 2. The fourth-order valence-corrected chi connectivity index (χ4v) is 4.88. The van der Waals surface area contributed by atoms with Crippen LogP contribution in [0.4, 0.5) is 5.69 Å². The molecule has 2 aliphatic heterocycles. The molecule has 142 valence electrons. The molecule has 1 fully saturated rings. The zero-order valence-corrected chi connectivity index (χ0v) is 16.9. The topological polar surface area (TPSA) is 23.6 Å². The first-order valence-corrected chi connectivity index (χ1v) is 11.3. The number of hydrogen-bond acceptors (Lipinski definition) is 3. The van der Waals surface area contributed by atoms with E-state index < -0.39 is 0 Å². The second-order valence-electron chi connectivity index (χ2n) is 7.49. The normalized spacial score (nSPS) is 17.8. The number of amides is 1. The van der Waals surface area contributed by atoms with E-state index in [0.29, 0.717) is 6.42 Å². The highest BCUT2D eigenvalue weighted by Crippen LogP contribution is 2.36. The summed E-state index contributed by atoms with van der Waals surface area (Å²) in [7, 11) is 0. The van der Waals surface area contributed by atoms with E-state index in [4.69, 9.17) is 0 Å². The van der Waals surface area contributed by atoms with Gasteiger partial charge in [0.1, 0.15) is 0 Å². The van der Waals surface area contributed by atoms with Crippen LogP contribution < -0.4 is 4.90 Å². The summed E-state index contributed by atoms with van der Waals surface area (Å²) >= 11 is 1.77. The van der Waals surface area contributed by atoms with Crippen LogP contribution in [0, 0.1) is 0 Å². The molecule has 4 rings (SSSR count). The van der Waals surface area contributed by atoms with E-state index in [1.54, 1.807) is 11.8 Å². The van der Waals surface area contributed by atoms with Crippen LogP contribution in [0.1, 0.15) is 31.2 Å². The van der Waals surface area contributed by atoms with Crippen molar-refractivity contribution < 1.29 is 4.79 Å². The van der Waals surface area contributed by atoms with Gasteiger partial charge in [-0.05, 0) is 67.4 Å². The van der Waals surface area contributed by atoms with Crippen LogP contribution in [0.15, 0.2) is 47.4 Å². The molecule has 0 radical (unpaired) electrons. The molecule has 0 unspecified atom stereocenters. The summed E-state index contributed by atoms with van der Waals surface area (Å²) in [6, 6.07) is 15.2. The highest BCUT2D eigenvalue weighted by Gasteiger charge is 2.25. The summed E-state index contributed by atoms with van der Waals surface area (Å²) < 4.78 is 0. The van der Waals surface area contributed by atoms with Gasteiger partial charge in [-0.2, -0.15) is 0 Å². The van der Waals surface area contributed by atoms with Crippen molar-refractivity contribution >= 4 is 23.4 Å². The average molecular weight is 381 g/mol. The Morgan fingerprint density at radius 2 is 1.78 bits per heavy atom. The minimum Gasteiger partial charge on any atom is -0.311 e. The molecule has 4 heteroatoms. The zero-order valence-electron chi connectivity index (χ0n) is 16.1.